The predicted octanol–water partition coefficient (Wildman–Crippen LogP) is 1.91. The summed E-state index contributed by atoms with van der Waals surface area (Å²) in [5.74, 6) is -1.44. The van der Waals surface area contributed by atoms with Crippen molar-refractivity contribution in [3.63, 3.8) is 0 Å². The van der Waals surface area contributed by atoms with Gasteiger partial charge in [-0.3, -0.25) is 0 Å². The highest BCUT2D eigenvalue weighted by molar-refractivity contribution is 9.10. The van der Waals surface area contributed by atoms with Crippen LogP contribution in [-0.2, 0) is 6.54 Å². The molecule has 0 unspecified atom stereocenters. The Morgan fingerprint density at radius 2 is 2.13 bits per heavy atom. The Morgan fingerprint density at radius 3 is 2.60 bits per heavy atom. The number of rotatable bonds is 2. The van der Waals surface area contributed by atoms with Crippen LogP contribution in [0.1, 0.15) is 5.69 Å². The molecule has 0 saturated heterocycles. The third-order valence-electron chi connectivity index (χ3n) is 1.42. The zero-order valence-electron chi connectivity index (χ0n) is 7.18. The van der Waals surface area contributed by atoms with Crippen molar-refractivity contribution in [3.05, 3.63) is 16.4 Å². The first-order valence-corrected chi connectivity index (χ1v) is 4.47. The van der Waals surface area contributed by atoms with Crippen molar-refractivity contribution in [3.8, 4) is 11.5 Å². The topological polar surface area (TPSA) is 68.4 Å². The number of aromatic hydroxyl groups is 1. The molecule has 8 heteroatoms. The lowest BCUT2D eigenvalue weighted by atomic mass is 10.3. The van der Waals surface area contributed by atoms with Gasteiger partial charge >= 0.3 is 6.36 Å². The highest BCUT2D eigenvalue weighted by Crippen LogP contribution is 2.34. The molecule has 3 N–H and O–H groups in total. The van der Waals surface area contributed by atoms with E-state index in [1.54, 1.807) is 0 Å². The average Bonchev–Trinajstić information content (AvgIpc) is 2.08. The van der Waals surface area contributed by atoms with Gasteiger partial charge in [0.1, 0.15) is 10.3 Å². The Bertz CT molecular complexity index is 370. The molecule has 1 aromatic heterocycles. The van der Waals surface area contributed by atoms with E-state index in [2.05, 4.69) is 25.7 Å². The monoisotopic (exact) mass is 286 g/mol. The maximum absolute atomic E-state index is 11.9. The fourth-order valence-corrected chi connectivity index (χ4v) is 1.30. The summed E-state index contributed by atoms with van der Waals surface area (Å²) in [7, 11) is 0. The van der Waals surface area contributed by atoms with E-state index in [1.807, 2.05) is 0 Å². The van der Waals surface area contributed by atoms with Crippen molar-refractivity contribution < 1.29 is 23.0 Å². The van der Waals surface area contributed by atoms with E-state index in [9.17, 15) is 18.3 Å². The lowest BCUT2D eigenvalue weighted by molar-refractivity contribution is -0.275. The SMILES string of the molecule is NCc1nc(Br)cc(OC(F)(F)F)c1O. The van der Waals surface area contributed by atoms with E-state index in [1.165, 1.54) is 0 Å². The van der Waals surface area contributed by atoms with Crippen LogP contribution in [0.4, 0.5) is 13.2 Å². The van der Waals surface area contributed by atoms with Gasteiger partial charge in [-0.05, 0) is 15.9 Å². The van der Waals surface area contributed by atoms with Gasteiger partial charge in [-0.15, -0.1) is 13.2 Å². The Kier molecular flexibility index (Phi) is 3.40. The Hall–Kier alpha value is -1.02. The highest BCUT2D eigenvalue weighted by atomic mass is 79.9. The molecule has 0 saturated carbocycles. The molecule has 15 heavy (non-hydrogen) atoms. The molecule has 1 aromatic rings. The molecular weight excluding hydrogens is 281 g/mol. The van der Waals surface area contributed by atoms with Gasteiger partial charge in [0.25, 0.3) is 0 Å². The van der Waals surface area contributed by atoms with E-state index in [0.717, 1.165) is 6.07 Å². The molecule has 1 heterocycles. The van der Waals surface area contributed by atoms with Gasteiger partial charge in [0.15, 0.2) is 11.5 Å². The van der Waals surface area contributed by atoms with Gasteiger partial charge in [0.2, 0.25) is 0 Å². The number of aromatic nitrogens is 1. The van der Waals surface area contributed by atoms with E-state index < -0.39 is 17.9 Å². The summed E-state index contributed by atoms with van der Waals surface area (Å²) in [5.41, 5.74) is 5.09. The molecule has 1 rings (SSSR count). The van der Waals surface area contributed by atoms with Crippen LogP contribution >= 0.6 is 15.9 Å². The van der Waals surface area contributed by atoms with Crippen LogP contribution in [-0.4, -0.2) is 16.5 Å². The van der Waals surface area contributed by atoms with Crippen molar-refractivity contribution in [1.29, 1.82) is 0 Å². The minimum atomic E-state index is -4.87. The molecule has 0 aliphatic heterocycles. The van der Waals surface area contributed by atoms with Gasteiger partial charge in [0.05, 0.1) is 0 Å². The van der Waals surface area contributed by atoms with Gasteiger partial charge in [-0.1, -0.05) is 0 Å². The molecule has 4 nitrogen and oxygen atoms in total. The van der Waals surface area contributed by atoms with Gasteiger partial charge in [-0.2, -0.15) is 0 Å². The van der Waals surface area contributed by atoms with Crippen LogP contribution < -0.4 is 10.5 Å². The summed E-state index contributed by atoms with van der Waals surface area (Å²) in [4.78, 5) is 3.68. The first-order valence-electron chi connectivity index (χ1n) is 3.67. The van der Waals surface area contributed by atoms with Crippen LogP contribution in [0.15, 0.2) is 10.7 Å². The Balaban J connectivity index is 3.12. The number of halogens is 4. The Morgan fingerprint density at radius 1 is 1.53 bits per heavy atom. The third kappa shape index (κ3) is 3.24. The fraction of sp³-hybridized carbons (Fsp3) is 0.286. The van der Waals surface area contributed by atoms with Crippen LogP contribution in [0.25, 0.3) is 0 Å². The minimum Gasteiger partial charge on any atom is -0.503 e. The maximum Gasteiger partial charge on any atom is 0.573 e. The summed E-state index contributed by atoms with van der Waals surface area (Å²) < 4.78 is 39.3. The van der Waals surface area contributed by atoms with Gasteiger partial charge < -0.3 is 15.6 Å². The van der Waals surface area contributed by atoms with E-state index in [4.69, 9.17) is 5.73 Å². The van der Waals surface area contributed by atoms with Gasteiger partial charge in [0, 0.05) is 12.6 Å². The van der Waals surface area contributed by atoms with Crippen molar-refractivity contribution in [2.45, 2.75) is 12.9 Å². The summed E-state index contributed by atoms with van der Waals surface area (Å²) in [6.45, 7) is -0.195. The molecule has 0 aliphatic carbocycles. The lowest BCUT2D eigenvalue weighted by Crippen LogP contribution is -2.17. The second kappa shape index (κ2) is 4.23. The predicted molar refractivity (Wildman–Crippen MR) is 48.2 cm³/mol. The van der Waals surface area contributed by atoms with Crippen LogP contribution in [0.3, 0.4) is 0 Å². The zero-order valence-corrected chi connectivity index (χ0v) is 8.76. The summed E-state index contributed by atoms with van der Waals surface area (Å²) in [6.07, 6.45) is -4.87. The first-order chi connectivity index (χ1) is 6.83. The van der Waals surface area contributed by atoms with E-state index in [-0.39, 0.29) is 16.8 Å². The van der Waals surface area contributed by atoms with Crippen LogP contribution in [0, 0.1) is 0 Å². The molecule has 0 amide bonds. The number of pyridine rings is 1. The summed E-state index contributed by atoms with van der Waals surface area (Å²) in [6, 6.07) is 0.905. The maximum atomic E-state index is 11.9. The molecule has 0 radical (unpaired) electrons. The minimum absolute atomic E-state index is 0.0800. The highest BCUT2D eigenvalue weighted by Gasteiger charge is 2.33. The van der Waals surface area contributed by atoms with Crippen molar-refractivity contribution >= 4 is 15.9 Å². The fourth-order valence-electron chi connectivity index (χ4n) is 0.878. The second-order valence-corrected chi connectivity index (χ2v) is 3.30. The number of hydrogen-bond acceptors (Lipinski definition) is 4. The van der Waals surface area contributed by atoms with Crippen molar-refractivity contribution in [2.75, 3.05) is 0 Å². The standard InChI is InChI=1S/C7H6BrF3N2O2/c8-5-1-4(15-7(9,10)11)6(14)3(2-12)13-5/h1,14H,2,12H2. The summed E-state index contributed by atoms with van der Waals surface area (Å²) >= 11 is 2.87. The molecule has 0 atom stereocenters. The van der Waals surface area contributed by atoms with Crippen LogP contribution in [0.5, 0.6) is 11.5 Å². The van der Waals surface area contributed by atoms with E-state index >= 15 is 0 Å². The normalized spacial score (nSPS) is 11.5. The molecule has 0 fully saturated rings. The van der Waals surface area contributed by atoms with Crippen LogP contribution in [0.2, 0.25) is 0 Å². The summed E-state index contributed by atoms with van der Waals surface area (Å²) in [5, 5.41) is 9.29. The third-order valence-corrected chi connectivity index (χ3v) is 1.82. The first kappa shape index (κ1) is 12.1. The van der Waals surface area contributed by atoms with E-state index in [0.29, 0.717) is 0 Å². The smallest absolute Gasteiger partial charge is 0.503 e. The zero-order chi connectivity index (χ0) is 11.6. The number of alkyl halides is 3. The van der Waals surface area contributed by atoms with Crippen molar-refractivity contribution in [2.24, 2.45) is 5.73 Å². The Labute approximate surface area is 91.0 Å². The number of nitrogens with two attached hydrogens (primary N) is 1. The molecule has 0 aromatic carbocycles. The second-order valence-electron chi connectivity index (χ2n) is 2.49. The lowest BCUT2D eigenvalue weighted by Gasteiger charge is -2.12. The van der Waals surface area contributed by atoms with Gasteiger partial charge in [-0.25, -0.2) is 4.98 Å². The number of ether oxygens (including phenoxy) is 1. The number of nitrogens with zero attached hydrogens (tertiary/aromatic N) is 1. The molecule has 0 spiro atoms. The number of hydrogen-bond donors (Lipinski definition) is 2. The van der Waals surface area contributed by atoms with Crippen molar-refractivity contribution in [1.82, 2.24) is 4.98 Å². The average molecular weight is 287 g/mol. The quantitative estimate of drug-likeness (QED) is 0.815. The molecule has 0 bridgehead atoms. The largest absolute Gasteiger partial charge is 0.573 e. The molecule has 0 aliphatic rings. The molecule has 84 valence electrons. The molecular formula is C7H6BrF3N2O2.